The summed E-state index contributed by atoms with van der Waals surface area (Å²) < 4.78 is 1.09. The Morgan fingerprint density at radius 2 is 1.67 bits per heavy atom. The Hall–Kier alpha value is -1.98. The van der Waals surface area contributed by atoms with E-state index in [-0.39, 0.29) is 38.6 Å². The smallest absolute Gasteiger partial charge is 0.870 e. The fourth-order valence-corrected chi connectivity index (χ4v) is 2.38. The molecule has 0 fully saturated rings. The molecule has 0 bridgehead atoms. The van der Waals surface area contributed by atoms with E-state index < -0.39 is 4.92 Å². The van der Waals surface area contributed by atoms with Gasteiger partial charge in [0.05, 0.1) is 0 Å². The second-order valence-corrected chi connectivity index (χ2v) is 5.95. The predicted octanol–water partition coefficient (Wildman–Crippen LogP) is 1.79. The fourth-order valence-electron chi connectivity index (χ4n) is 1.77. The number of anilines is 1. The number of carbonyl (C=O) groups excluding carboxylic acids is 1. The van der Waals surface area contributed by atoms with Gasteiger partial charge in [-0.05, 0) is 0 Å². The Bertz CT molecular complexity index is 711. The number of rotatable bonds is 3. The van der Waals surface area contributed by atoms with Crippen LogP contribution in [0.5, 0.6) is 0 Å². The van der Waals surface area contributed by atoms with Crippen molar-refractivity contribution in [1.82, 2.24) is 0 Å². The summed E-state index contributed by atoms with van der Waals surface area (Å²) in [7, 11) is 1.63. The summed E-state index contributed by atoms with van der Waals surface area (Å²) in [5.41, 5.74) is 0.805. The maximum absolute atomic E-state index is 12.4. The largest absolute Gasteiger partial charge is 0.870 e. The van der Waals surface area contributed by atoms with Gasteiger partial charge in [0.1, 0.15) is 0 Å². The Morgan fingerprint density at radius 1 is 1.12 bits per heavy atom. The van der Waals surface area contributed by atoms with E-state index in [9.17, 15) is 14.9 Å². The molecule has 2 aromatic rings. The standard InChI is InChI=1S/C14H10ClGeN2O3.3H2O/c1-17(10-4-2-9(16)3-5-10)14(19)12-7-6-11(18(20)21)8-13(12)15;;;/h2-8H,1H3;3*1H2/p-3. The van der Waals surface area contributed by atoms with Crippen molar-refractivity contribution in [3.05, 3.63) is 63.2 Å². The first kappa shape index (κ1) is 24.3. The number of nitrogens with zero attached hydrogens (tertiary/aromatic N) is 2. The van der Waals surface area contributed by atoms with Crippen LogP contribution in [0.2, 0.25) is 5.02 Å². The molecule has 3 radical (unpaired) electrons. The second kappa shape index (κ2) is 10.0. The van der Waals surface area contributed by atoms with Gasteiger partial charge in [-0.3, -0.25) is 0 Å². The maximum Gasteiger partial charge on any atom is -0.870 e. The third-order valence-electron chi connectivity index (χ3n) is 2.95. The van der Waals surface area contributed by atoms with Crippen molar-refractivity contribution in [3.63, 3.8) is 0 Å². The Balaban J connectivity index is 0. The van der Waals surface area contributed by atoms with Crippen LogP contribution < -0.4 is 9.30 Å². The van der Waals surface area contributed by atoms with E-state index in [1.807, 2.05) is 40.8 Å². The summed E-state index contributed by atoms with van der Waals surface area (Å²) in [5.74, 6) is -0.321. The molecule has 0 aliphatic heterocycles. The van der Waals surface area contributed by atoms with Gasteiger partial charge in [-0.15, -0.1) is 0 Å². The third kappa shape index (κ3) is 5.29. The number of carbonyl (C=O) groups is 1. The molecule has 0 aromatic heterocycles. The molecule has 2 rings (SSSR count). The van der Waals surface area contributed by atoms with Crippen molar-refractivity contribution in [2.24, 2.45) is 0 Å². The molecule has 0 saturated heterocycles. The van der Waals surface area contributed by atoms with Gasteiger partial charge in [-0.1, -0.05) is 0 Å². The first-order valence-corrected chi connectivity index (χ1v) is 7.36. The number of nitro benzene ring substituents is 1. The number of non-ortho nitro benzene ring substituents is 1. The average molecular weight is 413 g/mol. The van der Waals surface area contributed by atoms with Crippen LogP contribution in [0.4, 0.5) is 11.4 Å². The normalized spacial score (nSPS) is 8.96. The topological polar surface area (TPSA) is 153 Å². The van der Waals surface area contributed by atoms with E-state index in [4.69, 9.17) is 11.6 Å². The molecular weight excluding hydrogens is 400 g/mol. The molecule has 0 saturated carbocycles. The molecule has 8 nitrogen and oxygen atoms in total. The van der Waals surface area contributed by atoms with Gasteiger partial charge in [0, 0.05) is 0 Å². The molecule has 1 amide bonds. The Labute approximate surface area is 151 Å². The van der Waals surface area contributed by atoms with Gasteiger partial charge in [0.15, 0.2) is 0 Å². The number of hydrogen-bond donors (Lipinski definition) is 0. The van der Waals surface area contributed by atoms with Gasteiger partial charge in [0.2, 0.25) is 0 Å². The monoisotopic (exact) mass is 414 g/mol. The van der Waals surface area contributed by atoms with E-state index in [2.05, 4.69) is 0 Å². The fraction of sp³-hybridized carbons (Fsp3) is 0.0714. The van der Waals surface area contributed by atoms with E-state index in [0.29, 0.717) is 0 Å². The SMILES string of the molecule is CN(C(=O)c1ccc([N+](=O)[O-])cc1Cl)c1cc[c]([Ge])cc1.[OH-].[OH-].[OH-]. The zero-order valence-electron chi connectivity index (χ0n) is 12.4. The van der Waals surface area contributed by atoms with E-state index in [1.54, 1.807) is 7.05 Å². The molecule has 0 spiro atoms. The molecule has 10 heteroatoms. The average Bonchev–Trinajstić information content (AvgIpc) is 2.46. The predicted molar refractivity (Wildman–Crippen MR) is 88.5 cm³/mol. The summed E-state index contributed by atoms with van der Waals surface area (Å²) in [6.45, 7) is 0. The minimum Gasteiger partial charge on any atom is -0.870 e. The van der Waals surface area contributed by atoms with Crippen molar-refractivity contribution in [3.8, 4) is 0 Å². The van der Waals surface area contributed by atoms with Crippen LogP contribution in [0.3, 0.4) is 0 Å². The van der Waals surface area contributed by atoms with Crippen molar-refractivity contribution in [2.75, 3.05) is 11.9 Å². The Morgan fingerprint density at radius 3 is 2.12 bits per heavy atom. The van der Waals surface area contributed by atoms with Gasteiger partial charge in [0.25, 0.3) is 0 Å². The first-order chi connectivity index (χ1) is 9.90. The second-order valence-electron chi connectivity index (χ2n) is 4.33. The van der Waals surface area contributed by atoms with E-state index in [0.717, 1.165) is 10.1 Å². The van der Waals surface area contributed by atoms with E-state index >= 15 is 0 Å². The van der Waals surface area contributed by atoms with Crippen LogP contribution >= 0.6 is 11.6 Å². The summed E-state index contributed by atoms with van der Waals surface area (Å²) in [4.78, 5) is 24.0. The number of nitro groups is 1. The summed E-state index contributed by atoms with van der Waals surface area (Å²) >= 11 is 7.93. The van der Waals surface area contributed by atoms with Crippen molar-refractivity contribution < 1.29 is 26.1 Å². The van der Waals surface area contributed by atoms with Gasteiger partial charge in [-0.25, -0.2) is 0 Å². The number of benzene rings is 2. The summed E-state index contributed by atoms with van der Waals surface area (Å²) in [6.07, 6.45) is 0. The zero-order valence-corrected chi connectivity index (χ0v) is 15.2. The number of hydrogen-bond acceptors (Lipinski definition) is 6. The van der Waals surface area contributed by atoms with E-state index in [1.165, 1.54) is 23.1 Å². The quantitative estimate of drug-likeness (QED) is 0.425. The molecular formula is C14H13ClGeN2O6-3. The first-order valence-electron chi connectivity index (χ1n) is 5.94. The zero-order chi connectivity index (χ0) is 15.6. The maximum atomic E-state index is 12.4. The van der Waals surface area contributed by atoms with Crippen LogP contribution in [-0.4, -0.2) is 50.8 Å². The van der Waals surface area contributed by atoms with Crippen LogP contribution in [-0.2, 0) is 0 Å². The number of halogens is 1. The van der Waals surface area contributed by atoms with Gasteiger partial charge < -0.3 is 16.4 Å². The van der Waals surface area contributed by atoms with Crippen LogP contribution in [0, 0.1) is 10.1 Å². The van der Waals surface area contributed by atoms with Gasteiger partial charge >= 0.3 is 135 Å². The molecule has 24 heavy (non-hydrogen) atoms. The van der Waals surface area contributed by atoms with Crippen molar-refractivity contribution in [2.45, 2.75) is 0 Å². The minimum absolute atomic E-state index is 0. The molecule has 0 atom stereocenters. The molecule has 0 aliphatic carbocycles. The molecule has 0 aliphatic rings. The molecule has 3 N–H and O–H groups in total. The third-order valence-corrected chi connectivity index (χ3v) is 3.97. The summed E-state index contributed by atoms with van der Waals surface area (Å²) in [5, 5.41) is 10.7. The Kier molecular flexibility index (Phi) is 10.1. The molecule has 0 heterocycles. The summed E-state index contributed by atoms with van der Waals surface area (Å²) in [6, 6.07) is 11.3. The molecule has 0 unspecified atom stereocenters. The van der Waals surface area contributed by atoms with Crippen molar-refractivity contribution in [1.29, 1.82) is 0 Å². The minimum atomic E-state index is -0.552. The number of amides is 1. The van der Waals surface area contributed by atoms with Gasteiger partial charge in [-0.2, -0.15) is 0 Å². The van der Waals surface area contributed by atoms with Crippen LogP contribution in [0.1, 0.15) is 10.4 Å². The molecule has 2 aromatic carbocycles. The van der Waals surface area contributed by atoms with Crippen LogP contribution in [0.25, 0.3) is 0 Å². The van der Waals surface area contributed by atoms with Crippen LogP contribution in [0.15, 0.2) is 42.5 Å². The molecule has 129 valence electrons. The van der Waals surface area contributed by atoms with Crippen molar-refractivity contribution >= 4 is 49.8 Å².